The zero-order valence-electron chi connectivity index (χ0n) is 11.8. The molecule has 0 saturated heterocycles. The van der Waals surface area contributed by atoms with Crippen LogP contribution in [0, 0.1) is 16.7 Å². The van der Waals surface area contributed by atoms with Crippen LogP contribution in [0.2, 0.25) is 0 Å². The molecule has 1 unspecified atom stereocenters. The van der Waals surface area contributed by atoms with Gasteiger partial charge < -0.3 is 0 Å². The third-order valence-corrected chi connectivity index (χ3v) is 3.04. The number of halogens is 2. The molecule has 0 N–H and O–H groups in total. The Hall–Kier alpha value is 1.24. The van der Waals surface area contributed by atoms with E-state index in [-0.39, 0.29) is 0 Å². The zero-order chi connectivity index (χ0) is 14.1. The van der Waals surface area contributed by atoms with Crippen molar-refractivity contribution in [2.24, 2.45) is 16.7 Å². The Morgan fingerprint density at radius 3 is 1.59 bits per heavy atom. The quantitative estimate of drug-likeness (QED) is 0.340. The van der Waals surface area contributed by atoms with E-state index in [4.69, 9.17) is 20.4 Å². The maximum atomic E-state index is 4.70. The van der Waals surface area contributed by atoms with Gasteiger partial charge in [0.15, 0.2) is 0 Å². The van der Waals surface area contributed by atoms with Gasteiger partial charge in [-0.1, -0.05) is 53.7 Å². The van der Waals surface area contributed by atoms with Crippen molar-refractivity contribution in [3.63, 3.8) is 0 Å². The minimum absolute atomic E-state index is 0.392. The van der Waals surface area contributed by atoms with E-state index in [0.717, 1.165) is 12.1 Å². The molecule has 0 aliphatic heterocycles. The van der Waals surface area contributed by atoms with Crippen molar-refractivity contribution in [3.8, 4) is 0 Å². The predicted molar refractivity (Wildman–Crippen MR) is 82.4 cm³/mol. The molecule has 0 amide bonds. The molecule has 108 valence electrons. The fourth-order valence-corrected chi connectivity index (χ4v) is 2.53. The molecular weight excluding hydrogens is 317 g/mol. The molecule has 17 heavy (non-hydrogen) atoms. The molecule has 0 aliphatic rings. The van der Waals surface area contributed by atoms with Gasteiger partial charge in [0.1, 0.15) is 0 Å². The number of rotatable bonds is 3. The maximum absolute atomic E-state index is 4.70. The van der Waals surface area contributed by atoms with Crippen LogP contribution >= 0.6 is 29.6 Å². The normalized spacial score (nSPS) is 13.1. The van der Waals surface area contributed by atoms with E-state index in [0.29, 0.717) is 23.5 Å². The van der Waals surface area contributed by atoms with Gasteiger partial charge in [-0.25, -0.2) is 0 Å². The molecule has 0 bridgehead atoms. The van der Waals surface area contributed by atoms with Crippen molar-refractivity contribution >= 4 is 29.6 Å². The standard InChI is InChI=1S/C13H27P.2ClH.Ni/c1-12(2,3)11(13(4,5)6)9-7-8-10-14;;;/h7-8,11H,9-10,14H2,1-6H3;2*1H;/q;;;+2/p-2. The fourth-order valence-electron chi connectivity index (χ4n) is 2.33. The Labute approximate surface area is 125 Å². The first-order valence-electron chi connectivity index (χ1n) is 5.78. The molecule has 0 radical (unpaired) electrons. The summed E-state index contributed by atoms with van der Waals surface area (Å²) in [6.07, 6.45) is 6.84. The van der Waals surface area contributed by atoms with Crippen LogP contribution in [0.1, 0.15) is 48.0 Å². The summed E-state index contributed by atoms with van der Waals surface area (Å²) in [5.41, 5.74) is 0.785. The summed E-state index contributed by atoms with van der Waals surface area (Å²) in [6.45, 7) is 14.1. The number of hydrogen-bond donors (Lipinski definition) is 0. The molecule has 0 aromatic carbocycles. The third-order valence-electron chi connectivity index (χ3n) is 2.77. The summed E-state index contributed by atoms with van der Waals surface area (Å²) in [4.78, 5) is 0. The predicted octanol–water partition coefficient (Wildman–Crippen LogP) is 5.89. The van der Waals surface area contributed by atoms with Gasteiger partial charge in [0.25, 0.3) is 0 Å². The summed E-state index contributed by atoms with van der Waals surface area (Å²) < 4.78 is 0. The fraction of sp³-hybridized carbons (Fsp3) is 0.846. The van der Waals surface area contributed by atoms with E-state index in [1.54, 1.807) is 0 Å². The van der Waals surface area contributed by atoms with Gasteiger partial charge in [0.2, 0.25) is 0 Å². The first kappa shape index (κ1) is 20.6. The van der Waals surface area contributed by atoms with E-state index >= 15 is 0 Å². The summed E-state index contributed by atoms with van der Waals surface area (Å²) >= 11 is 0.569. The Bertz CT molecular complexity index is 190. The van der Waals surface area contributed by atoms with Crippen LogP contribution in [0.5, 0.6) is 0 Å². The van der Waals surface area contributed by atoms with Crippen LogP contribution in [0.3, 0.4) is 0 Å². The number of allylic oxidation sites excluding steroid dienone is 2. The number of hydrogen-bond acceptors (Lipinski definition) is 0. The van der Waals surface area contributed by atoms with E-state index in [9.17, 15) is 0 Å². The summed E-state index contributed by atoms with van der Waals surface area (Å²) in [6, 6.07) is 0. The average Bonchev–Trinajstić information content (AvgIpc) is 2.09. The van der Waals surface area contributed by atoms with E-state index < -0.39 is 0 Å². The molecule has 0 nitrogen and oxygen atoms in total. The molecule has 0 rings (SSSR count). The van der Waals surface area contributed by atoms with Gasteiger partial charge in [0, 0.05) is 0 Å². The van der Waals surface area contributed by atoms with E-state index in [1.807, 2.05) is 0 Å². The van der Waals surface area contributed by atoms with Gasteiger partial charge in [-0.05, 0) is 29.3 Å². The molecule has 0 heterocycles. The Morgan fingerprint density at radius 2 is 1.35 bits per heavy atom. The molecule has 4 heteroatoms. The van der Waals surface area contributed by atoms with Gasteiger partial charge in [-0.15, -0.1) is 9.24 Å². The van der Waals surface area contributed by atoms with Crippen LogP contribution in [0.4, 0.5) is 0 Å². The van der Waals surface area contributed by atoms with Crippen molar-refractivity contribution in [1.29, 1.82) is 0 Å². The Morgan fingerprint density at radius 1 is 1.00 bits per heavy atom. The van der Waals surface area contributed by atoms with Gasteiger partial charge >= 0.3 is 33.0 Å². The van der Waals surface area contributed by atoms with Crippen molar-refractivity contribution in [2.75, 3.05) is 6.16 Å². The minimum atomic E-state index is 0.392. The molecule has 0 fully saturated rings. The Kier molecular flexibility index (Phi) is 12.2. The zero-order valence-corrected chi connectivity index (χ0v) is 15.4. The van der Waals surface area contributed by atoms with E-state index in [2.05, 4.69) is 62.9 Å². The molecule has 1 atom stereocenters. The van der Waals surface area contributed by atoms with Crippen LogP contribution in [0.25, 0.3) is 0 Å². The van der Waals surface area contributed by atoms with Crippen LogP contribution in [-0.2, 0) is 12.7 Å². The van der Waals surface area contributed by atoms with Gasteiger partial charge in [0.05, 0.1) is 0 Å². The first-order valence-corrected chi connectivity index (χ1v) is 9.32. The molecule has 0 aromatic heterocycles. The second-order valence-corrected chi connectivity index (χ2v) is 8.38. The van der Waals surface area contributed by atoms with Crippen LogP contribution in [-0.4, -0.2) is 6.16 Å². The molecule has 0 spiro atoms. The monoisotopic (exact) mass is 342 g/mol. The van der Waals surface area contributed by atoms with Crippen LogP contribution < -0.4 is 0 Å². The van der Waals surface area contributed by atoms with Gasteiger partial charge in [-0.3, -0.25) is 0 Å². The third kappa shape index (κ3) is 12.0. The topological polar surface area (TPSA) is 0 Å². The summed E-state index contributed by atoms with van der Waals surface area (Å²) in [7, 11) is 12.1. The van der Waals surface area contributed by atoms with Crippen molar-refractivity contribution in [2.45, 2.75) is 48.0 Å². The molecule has 0 aromatic rings. The Balaban J connectivity index is 0. The molecular formula is C13H27Cl2NiP. The van der Waals surface area contributed by atoms with Crippen molar-refractivity contribution < 1.29 is 12.7 Å². The average molecular weight is 344 g/mol. The first-order chi connectivity index (χ1) is 7.61. The van der Waals surface area contributed by atoms with Crippen molar-refractivity contribution in [1.82, 2.24) is 0 Å². The molecule has 0 saturated carbocycles. The van der Waals surface area contributed by atoms with Crippen LogP contribution in [0.15, 0.2) is 12.2 Å². The summed E-state index contributed by atoms with van der Waals surface area (Å²) in [5, 5.41) is 0. The van der Waals surface area contributed by atoms with Crippen molar-refractivity contribution in [3.05, 3.63) is 12.2 Å². The SMILES string of the molecule is CC(C)(C)C(CC=CCP)C(C)(C)C.[Cl][Ni][Cl]. The second-order valence-electron chi connectivity index (χ2n) is 6.27. The summed E-state index contributed by atoms with van der Waals surface area (Å²) in [5.74, 6) is 0.739. The van der Waals surface area contributed by atoms with E-state index in [1.165, 1.54) is 6.42 Å². The van der Waals surface area contributed by atoms with Gasteiger partial charge in [-0.2, -0.15) is 0 Å². The molecule has 0 aliphatic carbocycles. The second kappa shape index (κ2) is 10.1.